The van der Waals surface area contributed by atoms with Gasteiger partial charge in [0.2, 0.25) is 12.7 Å². The van der Waals surface area contributed by atoms with Crippen molar-refractivity contribution in [2.24, 2.45) is 0 Å². The fraction of sp³-hybridized carbons (Fsp3) is 0.222. The molecule has 6 heteroatoms. The van der Waals surface area contributed by atoms with Crippen molar-refractivity contribution in [3.8, 4) is 11.5 Å². The van der Waals surface area contributed by atoms with Gasteiger partial charge in [-0.1, -0.05) is 6.07 Å². The number of carbonyl (C=O) groups is 2. The minimum atomic E-state index is -0.0729. The molecule has 0 bridgehead atoms. The van der Waals surface area contributed by atoms with Crippen LogP contribution in [-0.2, 0) is 10.5 Å². The summed E-state index contributed by atoms with van der Waals surface area (Å²) in [7, 11) is 0. The van der Waals surface area contributed by atoms with Crippen molar-refractivity contribution in [1.29, 1.82) is 0 Å². The van der Waals surface area contributed by atoms with Crippen molar-refractivity contribution in [3.63, 3.8) is 0 Å². The van der Waals surface area contributed by atoms with E-state index in [4.69, 9.17) is 9.47 Å². The molecule has 0 saturated carbocycles. The molecule has 0 aliphatic carbocycles. The summed E-state index contributed by atoms with van der Waals surface area (Å²) in [5, 5.41) is 2.82. The minimum Gasteiger partial charge on any atom is -0.454 e. The van der Waals surface area contributed by atoms with E-state index in [-0.39, 0.29) is 18.5 Å². The molecular formula is C18H17NO4S. The molecule has 1 heterocycles. The molecule has 0 fully saturated rings. The Hall–Kier alpha value is -2.47. The number of nitrogens with one attached hydrogen (secondary N) is 1. The lowest BCUT2D eigenvalue weighted by molar-refractivity contribution is -0.113. The number of ketones is 1. The number of rotatable bonds is 6. The first kappa shape index (κ1) is 16.4. The summed E-state index contributed by atoms with van der Waals surface area (Å²) in [6.07, 6.45) is 0. The second-order valence-electron chi connectivity index (χ2n) is 5.36. The van der Waals surface area contributed by atoms with Crippen molar-refractivity contribution in [1.82, 2.24) is 0 Å². The number of thioether (sulfide) groups is 1. The van der Waals surface area contributed by atoms with E-state index in [1.54, 1.807) is 24.3 Å². The number of ether oxygens (including phenoxy) is 2. The molecule has 124 valence electrons. The molecule has 0 aromatic heterocycles. The molecule has 2 aromatic carbocycles. The Bertz CT molecular complexity index is 758. The fourth-order valence-corrected chi connectivity index (χ4v) is 3.05. The van der Waals surface area contributed by atoms with Crippen LogP contribution in [0, 0.1) is 0 Å². The normalized spacial score (nSPS) is 12.0. The maximum Gasteiger partial charge on any atom is 0.234 e. The Morgan fingerprint density at radius 3 is 2.58 bits per heavy atom. The zero-order valence-corrected chi connectivity index (χ0v) is 14.0. The highest BCUT2D eigenvalue weighted by molar-refractivity contribution is 7.99. The Morgan fingerprint density at radius 2 is 1.83 bits per heavy atom. The van der Waals surface area contributed by atoms with Gasteiger partial charge in [0.05, 0.1) is 5.75 Å². The van der Waals surface area contributed by atoms with Crippen molar-refractivity contribution in [2.75, 3.05) is 17.9 Å². The van der Waals surface area contributed by atoms with Gasteiger partial charge in [-0.3, -0.25) is 9.59 Å². The van der Waals surface area contributed by atoms with Gasteiger partial charge in [-0.15, -0.1) is 11.8 Å². The van der Waals surface area contributed by atoms with Crippen LogP contribution < -0.4 is 14.8 Å². The second kappa shape index (κ2) is 7.40. The quantitative estimate of drug-likeness (QED) is 0.814. The maximum absolute atomic E-state index is 12.0. The number of hydrogen-bond acceptors (Lipinski definition) is 5. The van der Waals surface area contributed by atoms with Crippen molar-refractivity contribution < 1.29 is 19.1 Å². The predicted octanol–water partition coefficient (Wildman–Crippen LogP) is 3.49. The van der Waals surface area contributed by atoms with E-state index in [0.29, 0.717) is 22.8 Å². The topological polar surface area (TPSA) is 64.6 Å². The van der Waals surface area contributed by atoms with E-state index in [1.807, 2.05) is 18.2 Å². The molecule has 3 rings (SSSR count). The summed E-state index contributed by atoms with van der Waals surface area (Å²) < 4.78 is 10.6. The molecule has 2 aromatic rings. The molecule has 1 aliphatic rings. The lowest BCUT2D eigenvalue weighted by atomic mass is 10.1. The highest BCUT2D eigenvalue weighted by Gasteiger charge is 2.13. The lowest BCUT2D eigenvalue weighted by Crippen LogP contribution is -2.14. The zero-order chi connectivity index (χ0) is 16.9. The minimum absolute atomic E-state index is 0.00663. The molecule has 0 unspecified atom stereocenters. The van der Waals surface area contributed by atoms with E-state index in [0.717, 1.165) is 17.1 Å². The molecule has 0 radical (unpaired) electrons. The van der Waals surface area contributed by atoms with Crippen molar-refractivity contribution in [3.05, 3.63) is 53.6 Å². The zero-order valence-electron chi connectivity index (χ0n) is 13.2. The summed E-state index contributed by atoms with van der Waals surface area (Å²) in [5.74, 6) is 2.51. The highest BCUT2D eigenvalue weighted by atomic mass is 32.2. The first-order valence-electron chi connectivity index (χ1n) is 7.49. The Balaban J connectivity index is 1.46. The van der Waals surface area contributed by atoms with Gasteiger partial charge in [-0.25, -0.2) is 0 Å². The van der Waals surface area contributed by atoms with Gasteiger partial charge < -0.3 is 14.8 Å². The third-order valence-corrected chi connectivity index (χ3v) is 4.52. The van der Waals surface area contributed by atoms with E-state index >= 15 is 0 Å². The number of carbonyl (C=O) groups excluding carboxylic acids is 2. The van der Waals surface area contributed by atoms with Crippen LogP contribution in [0.5, 0.6) is 11.5 Å². The highest BCUT2D eigenvalue weighted by Crippen LogP contribution is 2.33. The molecule has 0 spiro atoms. The third-order valence-electron chi connectivity index (χ3n) is 3.51. The summed E-state index contributed by atoms with van der Waals surface area (Å²) in [6, 6.07) is 12.7. The monoisotopic (exact) mass is 343 g/mol. The van der Waals surface area contributed by atoms with Gasteiger partial charge in [-0.2, -0.15) is 0 Å². The van der Waals surface area contributed by atoms with Crippen LogP contribution >= 0.6 is 11.8 Å². The Kier molecular flexibility index (Phi) is 5.05. The van der Waals surface area contributed by atoms with Crippen LogP contribution in [0.25, 0.3) is 0 Å². The number of amides is 1. The molecule has 5 nitrogen and oxygen atoms in total. The second-order valence-corrected chi connectivity index (χ2v) is 6.35. The summed E-state index contributed by atoms with van der Waals surface area (Å²) in [4.78, 5) is 23.2. The van der Waals surface area contributed by atoms with Gasteiger partial charge >= 0.3 is 0 Å². The average Bonchev–Trinajstić information content (AvgIpc) is 3.03. The number of anilines is 1. The molecule has 1 N–H and O–H groups in total. The Morgan fingerprint density at radius 1 is 1.08 bits per heavy atom. The molecule has 24 heavy (non-hydrogen) atoms. The van der Waals surface area contributed by atoms with Gasteiger partial charge in [0, 0.05) is 17.0 Å². The molecule has 1 amide bonds. The number of Topliss-reactive ketones (excluding diaryl/α,β-unsaturated/α-hetero) is 1. The maximum atomic E-state index is 12.0. The van der Waals surface area contributed by atoms with E-state index < -0.39 is 0 Å². The number of hydrogen-bond donors (Lipinski definition) is 1. The number of benzene rings is 2. The van der Waals surface area contributed by atoms with Crippen LogP contribution in [0.4, 0.5) is 5.69 Å². The largest absolute Gasteiger partial charge is 0.454 e. The Labute approximate surface area is 144 Å². The third kappa shape index (κ3) is 4.08. The summed E-state index contributed by atoms with van der Waals surface area (Å²) >= 11 is 1.52. The predicted molar refractivity (Wildman–Crippen MR) is 93.8 cm³/mol. The van der Waals surface area contributed by atoms with Crippen molar-refractivity contribution >= 4 is 29.1 Å². The van der Waals surface area contributed by atoms with Gasteiger partial charge in [0.25, 0.3) is 0 Å². The molecule has 0 saturated heterocycles. The SMILES string of the molecule is CC(=O)c1ccc(NC(=O)CSCc2ccc3c(c2)OCO3)cc1. The summed E-state index contributed by atoms with van der Waals surface area (Å²) in [6.45, 7) is 1.77. The van der Waals surface area contributed by atoms with Gasteiger partial charge in [0.15, 0.2) is 17.3 Å². The average molecular weight is 343 g/mol. The van der Waals surface area contributed by atoms with Crippen LogP contribution in [0.2, 0.25) is 0 Å². The van der Waals surface area contributed by atoms with Gasteiger partial charge in [0.1, 0.15) is 0 Å². The van der Waals surface area contributed by atoms with Gasteiger partial charge in [-0.05, 0) is 48.9 Å². The molecule has 1 aliphatic heterocycles. The van der Waals surface area contributed by atoms with Crippen LogP contribution in [0.1, 0.15) is 22.8 Å². The lowest BCUT2D eigenvalue weighted by Gasteiger charge is -2.06. The number of fused-ring (bicyclic) bond motifs is 1. The van der Waals surface area contributed by atoms with E-state index in [2.05, 4.69) is 5.32 Å². The van der Waals surface area contributed by atoms with E-state index in [1.165, 1.54) is 18.7 Å². The first-order chi connectivity index (χ1) is 11.6. The fourth-order valence-electron chi connectivity index (χ4n) is 2.28. The van der Waals surface area contributed by atoms with E-state index in [9.17, 15) is 9.59 Å². The standard InChI is InChI=1S/C18H17NO4S/c1-12(20)14-3-5-15(6-4-14)19-18(21)10-24-9-13-2-7-16-17(8-13)23-11-22-16/h2-8H,9-11H2,1H3,(H,19,21). The molecule has 0 atom stereocenters. The van der Waals surface area contributed by atoms with Crippen LogP contribution in [0.3, 0.4) is 0 Å². The molecular weight excluding hydrogens is 326 g/mol. The van der Waals surface area contributed by atoms with Crippen molar-refractivity contribution in [2.45, 2.75) is 12.7 Å². The first-order valence-corrected chi connectivity index (χ1v) is 8.64. The summed E-state index contributed by atoms with van der Waals surface area (Å²) in [5.41, 5.74) is 2.40. The smallest absolute Gasteiger partial charge is 0.234 e. The van der Waals surface area contributed by atoms with Crippen LogP contribution in [-0.4, -0.2) is 24.2 Å². The van der Waals surface area contributed by atoms with Crippen LogP contribution in [0.15, 0.2) is 42.5 Å².